The van der Waals surface area contributed by atoms with E-state index in [4.69, 9.17) is 11.6 Å². The molecule has 2 rings (SSSR count). The number of nitrogens with one attached hydrogen (secondary N) is 1. The Hall–Kier alpha value is -0.870. The van der Waals surface area contributed by atoms with Crippen molar-refractivity contribution in [2.75, 3.05) is 32.0 Å². The third kappa shape index (κ3) is 4.82. The van der Waals surface area contributed by atoms with Crippen LogP contribution in [0.3, 0.4) is 0 Å². The summed E-state index contributed by atoms with van der Waals surface area (Å²) in [5.74, 6) is 2.59. The predicted octanol–water partition coefficient (Wildman–Crippen LogP) is 3.53. The van der Waals surface area contributed by atoms with Gasteiger partial charge in [-0.3, -0.25) is 0 Å². The lowest BCUT2D eigenvalue weighted by Gasteiger charge is -2.29. The second-order valence-electron chi connectivity index (χ2n) is 6.12. The molecule has 0 aliphatic carbocycles. The molecular weight excluding hydrogens is 284 g/mol. The van der Waals surface area contributed by atoms with E-state index in [9.17, 15) is 0 Å². The molecule has 0 bridgehead atoms. The maximum atomic E-state index is 6.20. The van der Waals surface area contributed by atoms with Gasteiger partial charge in [0, 0.05) is 18.5 Å². The van der Waals surface area contributed by atoms with Gasteiger partial charge in [0.2, 0.25) is 0 Å². The van der Waals surface area contributed by atoms with Crippen molar-refractivity contribution in [3.8, 4) is 0 Å². The van der Waals surface area contributed by atoms with Gasteiger partial charge in [-0.25, -0.2) is 9.97 Å². The normalized spacial score (nSPS) is 17.1. The van der Waals surface area contributed by atoms with Crippen LogP contribution in [-0.2, 0) is 6.42 Å². The van der Waals surface area contributed by atoms with Crippen LogP contribution in [-0.4, -0.2) is 41.5 Å². The van der Waals surface area contributed by atoms with Crippen LogP contribution < -0.4 is 5.32 Å². The maximum Gasteiger partial charge on any atom is 0.137 e. The Labute approximate surface area is 133 Å². The summed E-state index contributed by atoms with van der Waals surface area (Å²) in [6, 6.07) is 0. The van der Waals surface area contributed by atoms with Crippen LogP contribution in [0.25, 0.3) is 0 Å². The van der Waals surface area contributed by atoms with Crippen molar-refractivity contribution in [3.63, 3.8) is 0 Å². The van der Waals surface area contributed by atoms with Gasteiger partial charge < -0.3 is 10.2 Å². The summed E-state index contributed by atoms with van der Waals surface area (Å²) in [6.45, 7) is 7.53. The Kier molecular flexibility index (Phi) is 6.24. The first-order valence-electron chi connectivity index (χ1n) is 8.05. The highest BCUT2D eigenvalue weighted by Crippen LogP contribution is 2.22. The second kappa shape index (κ2) is 7.95. The van der Waals surface area contributed by atoms with Gasteiger partial charge in [-0.05, 0) is 58.7 Å². The van der Waals surface area contributed by atoms with Gasteiger partial charge in [0.25, 0.3) is 0 Å². The topological polar surface area (TPSA) is 41.1 Å². The van der Waals surface area contributed by atoms with Crippen LogP contribution in [0.4, 0.5) is 5.82 Å². The van der Waals surface area contributed by atoms with E-state index in [0.717, 1.165) is 42.5 Å². The number of anilines is 1. The lowest BCUT2D eigenvalue weighted by molar-refractivity contribution is 0.215. The summed E-state index contributed by atoms with van der Waals surface area (Å²) < 4.78 is 0. The number of halogens is 1. The van der Waals surface area contributed by atoms with Crippen LogP contribution in [0.1, 0.15) is 44.0 Å². The molecule has 21 heavy (non-hydrogen) atoms. The average molecular weight is 311 g/mol. The van der Waals surface area contributed by atoms with Gasteiger partial charge in [-0.15, -0.1) is 0 Å². The standard InChI is InChI=1S/C16H27ClN4/c1-4-5-14-19-15(17)12(2)16(20-14)18-9-6-13-7-10-21(3)11-8-13/h13H,4-11H2,1-3H3,(H,18,19,20). The van der Waals surface area contributed by atoms with E-state index in [-0.39, 0.29) is 0 Å². The van der Waals surface area contributed by atoms with E-state index in [1.807, 2.05) is 6.92 Å². The van der Waals surface area contributed by atoms with Crippen molar-refractivity contribution in [2.45, 2.75) is 46.0 Å². The van der Waals surface area contributed by atoms with E-state index < -0.39 is 0 Å². The highest BCUT2D eigenvalue weighted by molar-refractivity contribution is 6.30. The summed E-state index contributed by atoms with van der Waals surface area (Å²) in [6.07, 6.45) is 5.74. The van der Waals surface area contributed by atoms with Gasteiger partial charge in [0.05, 0.1) is 0 Å². The van der Waals surface area contributed by atoms with Crippen LogP contribution >= 0.6 is 11.6 Å². The lowest BCUT2D eigenvalue weighted by atomic mass is 9.94. The van der Waals surface area contributed by atoms with Crippen LogP contribution in [0.15, 0.2) is 0 Å². The molecule has 0 saturated carbocycles. The first kappa shape index (κ1) is 16.5. The Morgan fingerprint density at radius 2 is 2.00 bits per heavy atom. The number of hydrogen-bond donors (Lipinski definition) is 1. The molecule has 1 aromatic rings. The Morgan fingerprint density at radius 1 is 1.29 bits per heavy atom. The summed E-state index contributed by atoms with van der Waals surface area (Å²) >= 11 is 6.20. The van der Waals surface area contributed by atoms with Crippen LogP contribution in [0.2, 0.25) is 5.15 Å². The highest BCUT2D eigenvalue weighted by atomic mass is 35.5. The molecule has 0 spiro atoms. The number of aryl methyl sites for hydroxylation is 1. The van der Waals surface area contributed by atoms with E-state index in [1.165, 1.54) is 32.4 Å². The Balaban J connectivity index is 1.87. The minimum absolute atomic E-state index is 0.579. The van der Waals surface area contributed by atoms with Crippen LogP contribution in [0, 0.1) is 12.8 Å². The third-order valence-electron chi connectivity index (χ3n) is 4.29. The van der Waals surface area contributed by atoms with Crippen LogP contribution in [0.5, 0.6) is 0 Å². The summed E-state index contributed by atoms with van der Waals surface area (Å²) in [5.41, 5.74) is 0.958. The van der Waals surface area contributed by atoms with E-state index >= 15 is 0 Å². The van der Waals surface area contributed by atoms with E-state index in [1.54, 1.807) is 0 Å². The quantitative estimate of drug-likeness (QED) is 0.816. The van der Waals surface area contributed by atoms with Crippen molar-refractivity contribution < 1.29 is 0 Å². The molecule has 1 aliphatic heterocycles. The molecule has 0 atom stereocenters. The van der Waals surface area contributed by atoms with Gasteiger partial charge in [-0.1, -0.05) is 18.5 Å². The molecule has 0 amide bonds. The number of piperidine rings is 1. The fourth-order valence-electron chi connectivity index (χ4n) is 2.79. The van der Waals surface area contributed by atoms with Gasteiger partial charge >= 0.3 is 0 Å². The molecule has 0 radical (unpaired) electrons. The zero-order valence-corrected chi connectivity index (χ0v) is 14.2. The number of nitrogens with zero attached hydrogens (tertiary/aromatic N) is 3. The summed E-state index contributed by atoms with van der Waals surface area (Å²) in [4.78, 5) is 11.4. The SMILES string of the molecule is CCCc1nc(Cl)c(C)c(NCCC2CCN(C)CC2)n1. The number of likely N-dealkylation sites (tertiary alicyclic amines) is 1. The zero-order valence-electron chi connectivity index (χ0n) is 13.5. The number of aromatic nitrogens is 2. The molecule has 1 saturated heterocycles. The van der Waals surface area contributed by atoms with E-state index in [0.29, 0.717) is 5.15 Å². The van der Waals surface area contributed by atoms with Crippen molar-refractivity contribution >= 4 is 17.4 Å². The molecule has 1 N–H and O–H groups in total. The number of rotatable bonds is 6. The maximum absolute atomic E-state index is 6.20. The predicted molar refractivity (Wildman–Crippen MR) is 89.1 cm³/mol. The molecule has 1 aliphatic rings. The number of hydrogen-bond acceptors (Lipinski definition) is 4. The van der Waals surface area contributed by atoms with Gasteiger partial charge in [0.15, 0.2) is 0 Å². The Morgan fingerprint density at radius 3 is 2.67 bits per heavy atom. The fourth-order valence-corrected chi connectivity index (χ4v) is 2.97. The summed E-state index contributed by atoms with van der Waals surface area (Å²) in [7, 11) is 2.20. The van der Waals surface area contributed by atoms with Gasteiger partial charge in [0.1, 0.15) is 16.8 Å². The van der Waals surface area contributed by atoms with Crippen molar-refractivity contribution in [1.82, 2.24) is 14.9 Å². The molecular formula is C16H27ClN4. The summed E-state index contributed by atoms with van der Waals surface area (Å²) in [5, 5.41) is 4.04. The third-order valence-corrected chi connectivity index (χ3v) is 4.66. The minimum atomic E-state index is 0.579. The first-order valence-corrected chi connectivity index (χ1v) is 8.43. The molecule has 0 unspecified atom stereocenters. The second-order valence-corrected chi connectivity index (χ2v) is 6.47. The molecule has 118 valence electrons. The highest BCUT2D eigenvalue weighted by Gasteiger charge is 2.16. The lowest BCUT2D eigenvalue weighted by Crippen LogP contribution is -2.30. The first-order chi connectivity index (χ1) is 10.1. The van der Waals surface area contributed by atoms with Crippen molar-refractivity contribution in [3.05, 3.63) is 16.5 Å². The largest absolute Gasteiger partial charge is 0.370 e. The Bertz CT molecular complexity index is 456. The van der Waals surface area contributed by atoms with Crippen molar-refractivity contribution in [2.24, 2.45) is 5.92 Å². The smallest absolute Gasteiger partial charge is 0.137 e. The minimum Gasteiger partial charge on any atom is -0.370 e. The van der Waals surface area contributed by atoms with Crippen molar-refractivity contribution in [1.29, 1.82) is 0 Å². The molecule has 1 fully saturated rings. The molecule has 0 aromatic carbocycles. The molecule has 1 aromatic heterocycles. The monoisotopic (exact) mass is 310 g/mol. The fraction of sp³-hybridized carbons (Fsp3) is 0.750. The molecule has 5 heteroatoms. The van der Waals surface area contributed by atoms with E-state index in [2.05, 4.69) is 34.2 Å². The molecule has 4 nitrogen and oxygen atoms in total. The molecule has 2 heterocycles. The average Bonchev–Trinajstić information content (AvgIpc) is 2.46. The zero-order chi connectivity index (χ0) is 15.2. The van der Waals surface area contributed by atoms with Gasteiger partial charge in [-0.2, -0.15) is 0 Å².